The van der Waals surface area contributed by atoms with Crippen molar-refractivity contribution in [2.45, 2.75) is 36.8 Å². The second kappa shape index (κ2) is 5.12. The Morgan fingerprint density at radius 3 is 1.50 bits per heavy atom. The van der Waals surface area contributed by atoms with Gasteiger partial charge in [0, 0.05) is 6.42 Å². The molecule has 0 aliphatic rings. The highest BCUT2D eigenvalue weighted by Gasteiger charge is 2.81. The van der Waals surface area contributed by atoms with E-state index in [1.165, 1.54) is 0 Å². The van der Waals surface area contributed by atoms with Crippen molar-refractivity contribution in [1.82, 2.24) is 0 Å². The average molecular weight is 293 g/mol. The molecule has 0 amide bonds. The Bertz CT molecular complexity index is 266. The van der Waals surface area contributed by atoms with Gasteiger partial charge in [-0.05, 0) is 12.8 Å². The molecule has 0 spiro atoms. The van der Waals surface area contributed by atoms with Crippen LogP contribution >= 0.6 is 0 Å². The fourth-order valence-electron chi connectivity index (χ4n) is 0.896. The molecule has 0 N–H and O–H groups in total. The summed E-state index contributed by atoms with van der Waals surface area (Å²) in [6.45, 7) is -1.22. The molecule has 10 heteroatoms. The van der Waals surface area contributed by atoms with Crippen molar-refractivity contribution < 1.29 is 43.9 Å². The molecule has 0 aromatic rings. The van der Waals surface area contributed by atoms with Crippen molar-refractivity contribution in [2.75, 3.05) is 6.67 Å². The van der Waals surface area contributed by atoms with E-state index in [-0.39, 0.29) is 6.42 Å². The van der Waals surface area contributed by atoms with Crippen molar-refractivity contribution in [1.29, 1.82) is 0 Å². The van der Waals surface area contributed by atoms with Gasteiger partial charge in [0.05, 0.1) is 6.67 Å². The number of halogens is 10. The summed E-state index contributed by atoms with van der Waals surface area (Å²) in [5.41, 5.74) is 0. The minimum Gasteiger partial charge on any atom is -0.251 e. The van der Waals surface area contributed by atoms with E-state index < -0.39 is 43.5 Å². The number of alkyl halides is 10. The Labute approximate surface area is 94.9 Å². The topological polar surface area (TPSA) is 0 Å². The molecule has 0 fully saturated rings. The van der Waals surface area contributed by atoms with Gasteiger partial charge in [0.15, 0.2) is 0 Å². The zero-order valence-electron chi connectivity index (χ0n) is 8.48. The van der Waals surface area contributed by atoms with Crippen molar-refractivity contribution in [3.8, 4) is 0 Å². The highest BCUT2D eigenvalue weighted by Crippen LogP contribution is 2.54. The molecule has 0 heterocycles. The second-order valence-corrected chi connectivity index (χ2v) is 3.32. The van der Waals surface area contributed by atoms with Gasteiger partial charge in [-0.2, -0.15) is 39.5 Å². The third-order valence-corrected chi connectivity index (χ3v) is 1.92. The van der Waals surface area contributed by atoms with Crippen molar-refractivity contribution in [3.05, 3.63) is 6.42 Å². The fourth-order valence-corrected chi connectivity index (χ4v) is 0.896. The average Bonchev–Trinajstić information content (AvgIpc) is 2.15. The first-order valence-electron chi connectivity index (χ1n) is 4.39. The third kappa shape index (κ3) is 3.00. The predicted octanol–water partition coefficient (Wildman–Crippen LogP) is 4.41. The van der Waals surface area contributed by atoms with E-state index in [4.69, 9.17) is 0 Å². The fraction of sp³-hybridized carbons (Fsp3) is 0.875. The van der Waals surface area contributed by atoms with E-state index in [1.54, 1.807) is 0 Å². The third-order valence-electron chi connectivity index (χ3n) is 1.92. The number of rotatable bonds is 6. The minimum absolute atomic E-state index is 0.181. The van der Waals surface area contributed by atoms with Crippen LogP contribution in [0.15, 0.2) is 0 Å². The Morgan fingerprint density at radius 2 is 1.17 bits per heavy atom. The molecule has 0 unspecified atom stereocenters. The van der Waals surface area contributed by atoms with Crippen LogP contribution < -0.4 is 0 Å². The van der Waals surface area contributed by atoms with Crippen LogP contribution in [0.3, 0.4) is 0 Å². The van der Waals surface area contributed by atoms with Crippen LogP contribution in [0.5, 0.6) is 0 Å². The highest BCUT2D eigenvalue weighted by atomic mass is 19.4. The van der Waals surface area contributed by atoms with Crippen LogP contribution in [-0.2, 0) is 0 Å². The van der Waals surface area contributed by atoms with E-state index in [9.17, 15) is 43.9 Å². The van der Waals surface area contributed by atoms with Gasteiger partial charge in [0.25, 0.3) is 0 Å². The van der Waals surface area contributed by atoms with Crippen LogP contribution in [0.25, 0.3) is 0 Å². The van der Waals surface area contributed by atoms with Crippen LogP contribution in [-0.4, -0.2) is 30.6 Å². The maximum absolute atomic E-state index is 12.7. The van der Waals surface area contributed by atoms with E-state index in [1.807, 2.05) is 0 Å². The first-order valence-corrected chi connectivity index (χ1v) is 4.39. The van der Waals surface area contributed by atoms with Gasteiger partial charge in [-0.15, -0.1) is 0 Å². The van der Waals surface area contributed by atoms with Crippen LogP contribution in [0.2, 0.25) is 0 Å². The van der Waals surface area contributed by atoms with Gasteiger partial charge in [0.2, 0.25) is 0 Å². The van der Waals surface area contributed by atoms with Gasteiger partial charge in [-0.25, -0.2) is 0 Å². The molecule has 0 aromatic carbocycles. The summed E-state index contributed by atoms with van der Waals surface area (Å²) < 4.78 is 121. The molecule has 0 aliphatic carbocycles. The second-order valence-electron chi connectivity index (χ2n) is 3.32. The zero-order chi connectivity index (χ0) is 14.8. The monoisotopic (exact) mass is 293 g/mol. The summed E-state index contributed by atoms with van der Waals surface area (Å²) in [6.07, 6.45) is -9.49. The van der Waals surface area contributed by atoms with Gasteiger partial charge in [0.1, 0.15) is 0 Å². The number of hydrogen-bond acceptors (Lipinski definition) is 0. The Morgan fingerprint density at radius 1 is 0.722 bits per heavy atom. The maximum Gasteiger partial charge on any atom is 0.460 e. The largest absolute Gasteiger partial charge is 0.460 e. The normalized spacial score (nSPS) is 15.0. The van der Waals surface area contributed by atoms with E-state index >= 15 is 0 Å². The maximum atomic E-state index is 12.7. The predicted molar refractivity (Wildman–Crippen MR) is 40.4 cm³/mol. The molecule has 0 saturated carbocycles. The van der Waals surface area contributed by atoms with Crippen LogP contribution in [0.4, 0.5) is 43.9 Å². The molecule has 0 nitrogen and oxygen atoms in total. The Hall–Kier alpha value is -0.700. The lowest BCUT2D eigenvalue weighted by Gasteiger charge is -2.33. The van der Waals surface area contributed by atoms with Crippen LogP contribution in [0.1, 0.15) is 12.8 Å². The summed E-state index contributed by atoms with van der Waals surface area (Å²) >= 11 is 0. The molecular formula is C8H7F10. The van der Waals surface area contributed by atoms with E-state index in [0.717, 1.165) is 0 Å². The standard InChI is InChI=1S/C8H7F10/c9-4-2-1-3-5(10,11)6(12,13)7(14,15)8(16,17)18/h1H,2-4H2. The van der Waals surface area contributed by atoms with Gasteiger partial charge in [-0.3, -0.25) is 4.39 Å². The number of hydrogen-bond donors (Lipinski definition) is 0. The quantitative estimate of drug-likeness (QED) is 0.502. The molecule has 0 aromatic heterocycles. The zero-order valence-corrected chi connectivity index (χ0v) is 8.48. The summed E-state index contributed by atoms with van der Waals surface area (Å²) in [5, 5.41) is 0. The summed E-state index contributed by atoms with van der Waals surface area (Å²) in [4.78, 5) is 0. The molecule has 18 heavy (non-hydrogen) atoms. The molecule has 1 radical (unpaired) electrons. The molecule has 109 valence electrons. The van der Waals surface area contributed by atoms with Crippen molar-refractivity contribution >= 4 is 0 Å². The van der Waals surface area contributed by atoms with Crippen molar-refractivity contribution in [2.24, 2.45) is 0 Å². The lowest BCUT2D eigenvalue weighted by molar-refractivity contribution is -0.395. The SMILES string of the molecule is FCC[CH]CC(F)(F)C(F)(F)C(F)(F)C(F)(F)F. The smallest absolute Gasteiger partial charge is 0.251 e. The molecular weight excluding hydrogens is 286 g/mol. The molecule has 0 rings (SSSR count). The molecule has 0 saturated heterocycles. The van der Waals surface area contributed by atoms with E-state index in [0.29, 0.717) is 0 Å². The molecule has 0 atom stereocenters. The lowest BCUT2D eigenvalue weighted by Crippen LogP contribution is -2.60. The summed E-state index contributed by atoms with van der Waals surface area (Å²) in [5.74, 6) is -19.1. The Balaban J connectivity index is 5.11. The molecule has 0 bridgehead atoms. The van der Waals surface area contributed by atoms with Gasteiger partial charge < -0.3 is 0 Å². The summed E-state index contributed by atoms with van der Waals surface area (Å²) in [7, 11) is 0. The van der Waals surface area contributed by atoms with Crippen molar-refractivity contribution in [3.63, 3.8) is 0 Å². The lowest BCUT2D eigenvalue weighted by atomic mass is 9.99. The minimum atomic E-state index is -6.88. The first-order chi connectivity index (χ1) is 7.81. The van der Waals surface area contributed by atoms with Crippen LogP contribution in [0, 0.1) is 6.42 Å². The highest BCUT2D eigenvalue weighted by molar-refractivity contribution is 5.01. The van der Waals surface area contributed by atoms with Gasteiger partial charge >= 0.3 is 23.9 Å². The van der Waals surface area contributed by atoms with E-state index in [2.05, 4.69) is 0 Å². The van der Waals surface area contributed by atoms with Gasteiger partial charge in [-0.1, -0.05) is 0 Å². The Kier molecular flexibility index (Phi) is 4.92. The molecule has 0 aliphatic heterocycles. The summed E-state index contributed by atoms with van der Waals surface area (Å²) in [6, 6.07) is 0. The number of unbranched alkanes of at least 4 members (excludes halogenated alkanes) is 1. The first kappa shape index (κ1) is 17.3.